The molecule has 1 rings (SSSR count). The van der Waals surface area contributed by atoms with Gasteiger partial charge in [0.1, 0.15) is 0 Å². The summed E-state index contributed by atoms with van der Waals surface area (Å²) in [5.74, 6) is 1.29. The maximum atomic E-state index is 4.31. The molecule has 0 bridgehead atoms. The second kappa shape index (κ2) is 4.06. The summed E-state index contributed by atoms with van der Waals surface area (Å²) in [4.78, 5) is 0. The molecule has 0 spiro atoms. The second-order valence-electron chi connectivity index (χ2n) is 5.38. The molecular formula is C13H25N. The Morgan fingerprint density at radius 3 is 2.50 bits per heavy atom. The van der Waals surface area contributed by atoms with E-state index in [4.69, 9.17) is 0 Å². The average molecular weight is 195 g/mol. The number of rotatable bonds is 2. The third-order valence-corrected chi connectivity index (χ3v) is 4.30. The molecule has 0 aromatic rings. The van der Waals surface area contributed by atoms with Crippen molar-refractivity contribution >= 4 is 0 Å². The lowest BCUT2D eigenvalue weighted by atomic mass is 9.63. The summed E-state index contributed by atoms with van der Waals surface area (Å²) in [5.41, 5.74) is 1.76. The fourth-order valence-corrected chi connectivity index (χ4v) is 2.63. The molecule has 82 valence electrons. The maximum absolute atomic E-state index is 4.31. The highest BCUT2D eigenvalue weighted by atomic mass is 14.9. The molecule has 1 aliphatic heterocycles. The highest BCUT2D eigenvalue weighted by Crippen LogP contribution is 2.44. The van der Waals surface area contributed by atoms with Gasteiger partial charge in [-0.15, -0.1) is 0 Å². The van der Waals surface area contributed by atoms with Crippen LogP contribution in [0.2, 0.25) is 0 Å². The van der Waals surface area contributed by atoms with Gasteiger partial charge >= 0.3 is 0 Å². The van der Waals surface area contributed by atoms with Crippen molar-refractivity contribution in [1.29, 1.82) is 0 Å². The molecule has 1 nitrogen and oxygen atoms in total. The van der Waals surface area contributed by atoms with Crippen LogP contribution in [0.15, 0.2) is 12.2 Å². The lowest BCUT2D eigenvalue weighted by molar-refractivity contribution is 0.136. The van der Waals surface area contributed by atoms with Gasteiger partial charge in [0, 0.05) is 6.04 Å². The van der Waals surface area contributed by atoms with Crippen molar-refractivity contribution in [2.24, 2.45) is 17.3 Å². The Hall–Kier alpha value is -0.300. The molecule has 0 aromatic carbocycles. The molecule has 0 aromatic heterocycles. The van der Waals surface area contributed by atoms with Crippen molar-refractivity contribution in [3.05, 3.63) is 12.2 Å². The number of piperidine rings is 1. The Morgan fingerprint density at radius 2 is 2.00 bits per heavy atom. The minimum absolute atomic E-state index is 0.332. The summed E-state index contributed by atoms with van der Waals surface area (Å²) >= 11 is 0. The summed E-state index contributed by atoms with van der Waals surface area (Å²) in [7, 11) is 0. The van der Waals surface area contributed by atoms with Crippen LogP contribution < -0.4 is 5.32 Å². The first-order chi connectivity index (χ1) is 6.39. The number of hydrogen-bond donors (Lipinski definition) is 1. The zero-order valence-electron chi connectivity index (χ0n) is 10.4. The number of hydrogen-bond acceptors (Lipinski definition) is 1. The fraction of sp³-hybridized carbons (Fsp3) is 0.846. The lowest BCUT2D eigenvalue weighted by Gasteiger charge is -2.46. The van der Waals surface area contributed by atoms with E-state index in [1.54, 1.807) is 0 Å². The maximum Gasteiger partial charge on any atom is 0.00726 e. The van der Waals surface area contributed by atoms with Crippen molar-refractivity contribution < 1.29 is 0 Å². The van der Waals surface area contributed by atoms with E-state index >= 15 is 0 Å². The predicted octanol–water partition coefficient (Wildman–Crippen LogP) is 3.22. The largest absolute Gasteiger partial charge is 0.314 e. The molecule has 14 heavy (non-hydrogen) atoms. The molecule has 1 aliphatic rings. The summed E-state index contributed by atoms with van der Waals surface area (Å²) in [6.07, 6.45) is 1.23. The number of nitrogens with one attached hydrogen (secondary N) is 1. The van der Waals surface area contributed by atoms with Gasteiger partial charge in [0.25, 0.3) is 0 Å². The summed E-state index contributed by atoms with van der Waals surface area (Å²) in [6, 6.07) is 0.615. The zero-order valence-corrected chi connectivity index (χ0v) is 10.4. The Morgan fingerprint density at radius 1 is 1.43 bits per heavy atom. The van der Waals surface area contributed by atoms with E-state index < -0.39 is 0 Å². The SMILES string of the molecule is C=C(C(C)C)C1(C)CCNC(C)C1C. The molecule has 1 heterocycles. The lowest BCUT2D eigenvalue weighted by Crippen LogP contribution is -2.49. The van der Waals surface area contributed by atoms with Crippen LogP contribution in [0, 0.1) is 17.3 Å². The van der Waals surface area contributed by atoms with Crippen LogP contribution in [0.4, 0.5) is 0 Å². The first kappa shape index (κ1) is 11.8. The minimum atomic E-state index is 0.332. The normalized spacial score (nSPS) is 38.7. The van der Waals surface area contributed by atoms with Gasteiger partial charge in [0.15, 0.2) is 0 Å². The molecule has 1 N–H and O–H groups in total. The van der Waals surface area contributed by atoms with Gasteiger partial charge in [-0.2, -0.15) is 0 Å². The Labute approximate surface area is 89.0 Å². The van der Waals surface area contributed by atoms with Gasteiger partial charge < -0.3 is 5.32 Å². The van der Waals surface area contributed by atoms with Crippen LogP contribution >= 0.6 is 0 Å². The Balaban J connectivity index is 2.85. The highest BCUT2D eigenvalue weighted by Gasteiger charge is 2.39. The zero-order chi connectivity index (χ0) is 10.9. The molecule has 0 radical (unpaired) electrons. The van der Waals surface area contributed by atoms with Crippen LogP contribution in [0.5, 0.6) is 0 Å². The molecule has 1 fully saturated rings. The highest BCUT2D eigenvalue weighted by molar-refractivity contribution is 5.15. The van der Waals surface area contributed by atoms with Crippen LogP contribution in [0.3, 0.4) is 0 Å². The van der Waals surface area contributed by atoms with Crippen molar-refractivity contribution in [2.45, 2.75) is 47.1 Å². The standard InChI is InChI=1S/C13H25N/c1-9(2)10(3)13(6)7-8-14-12(5)11(13)4/h9,11-12,14H,3,7-8H2,1-2,4-6H3. The van der Waals surface area contributed by atoms with Gasteiger partial charge in [0.2, 0.25) is 0 Å². The minimum Gasteiger partial charge on any atom is -0.314 e. The van der Waals surface area contributed by atoms with E-state index in [0.29, 0.717) is 23.3 Å². The van der Waals surface area contributed by atoms with E-state index in [9.17, 15) is 0 Å². The summed E-state index contributed by atoms with van der Waals surface area (Å²) < 4.78 is 0. The van der Waals surface area contributed by atoms with E-state index in [1.165, 1.54) is 12.0 Å². The molecule has 3 atom stereocenters. The smallest absolute Gasteiger partial charge is 0.00726 e. The predicted molar refractivity (Wildman–Crippen MR) is 63.3 cm³/mol. The molecule has 1 heteroatoms. The van der Waals surface area contributed by atoms with Crippen LogP contribution in [-0.2, 0) is 0 Å². The second-order valence-corrected chi connectivity index (χ2v) is 5.38. The van der Waals surface area contributed by atoms with Gasteiger partial charge in [-0.05, 0) is 37.1 Å². The first-order valence-corrected chi connectivity index (χ1v) is 5.82. The Bertz CT molecular complexity index is 219. The van der Waals surface area contributed by atoms with Crippen LogP contribution in [-0.4, -0.2) is 12.6 Å². The van der Waals surface area contributed by atoms with Crippen molar-refractivity contribution in [3.63, 3.8) is 0 Å². The van der Waals surface area contributed by atoms with E-state index in [-0.39, 0.29) is 0 Å². The quantitative estimate of drug-likeness (QED) is 0.667. The topological polar surface area (TPSA) is 12.0 Å². The summed E-state index contributed by atoms with van der Waals surface area (Å²) in [5, 5.41) is 3.54. The molecule has 3 unspecified atom stereocenters. The van der Waals surface area contributed by atoms with Gasteiger partial charge in [-0.3, -0.25) is 0 Å². The molecule has 1 saturated heterocycles. The van der Waals surface area contributed by atoms with Gasteiger partial charge in [-0.25, -0.2) is 0 Å². The molecular weight excluding hydrogens is 170 g/mol. The van der Waals surface area contributed by atoms with Gasteiger partial charge in [-0.1, -0.05) is 39.8 Å². The third kappa shape index (κ3) is 1.88. The summed E-state index contributed by atoms with van der Waals surface area (Å²) in [6.45, 7) is 17.0. The van der Waals surface area contributed by atoms with Gasteiger partial charge in [0.05, 0.1) is 0 Å². The molecule has 0 aliphatic carbocycles. The fourth-order valence-electron chi connectivity index (χ4n) is 2.63. The van der Waals surface area contributed by atoms with E-state index in [2.05, 4.69) is 46.5 Å². The molecule has 0 amide bonds. The van der Waals surface area contributed by atoms with Crippen molar-refractivity contribution in [2.75, 3.05) is 6.54 Å². The third-order valence-electron chi connectivity index (χ3n) is 4.30. The Kier molecular flexibility index (Phi) is 3.41. The van der Waals surface area contributed by atoms with Crippen LogP contribution in [0.1, 0.15) is 41.0 Å². The van der Waals surface area contributed by atoms with E-state index in [1.807, 2.05) is 0 Å². The van der Waals surface area contributed by atoms with Crippen molar-refractivity contribution in [3.8, 4) is 0 Å². The first-order valence-electron chi connectivity index (χ1n) is 5.82. The molecule has 0 saturated carbocycles. The van der Waals surface area contributed by atoms with Crippen LogP contribution in [0.25, 0.3) is 0 Å². The average Bonchev–Trinajstić information content (AvgIpc) is 2.12. The monoisotopic (exact) mass is 195 g/mol. The van der Waals surface area contributed by atoms with E-state index in [0.717, 1.165) is 6.54 Å². The van der Waals surface area contributed by atoms with Crippen molar-refractivity contribution in [1.82, 2.24) is 5.32 Å². The number of allylic oxidation sites excluding steroid dienone is 1.